The predicted octanol–water partition coefficient (Wildman–Crippen LogP) is 1.32. The Morgan fingerprint density at radius 3 is 2.76 bits per heavy atom. The minimum atomic E-state index is -1.08. The molecule has 0 saturated carbocycles. The van der Waals surface area contributed by atoms with Crippen LogP contribution in [0.5, 0.6) is 0 Å². The predicted molar refractivity (Wildman–Crippen MR) is 75.6 cm³/mol. The Balaban J connectivity index is 2.02. The lowest BCUT2D eigenvalue weighted by molar-refractivity contribution is -0.148. The highest BCUT2D eigenvalue weighted by atomic mass is 16.4. The fourth-order valence-corrected chi connectivity index (χ4v) is 2.69. The monoisotopic (exact) mass is 292 g/mol. The summed E-state index contributed by atoms with van der Waals surface area (Å²) in [6, 6.07) is -0.362. The van der Waals surface area contributed by atoms with E-state index in [2.05, 4.69) is 15.3 Å². The van der Waals surface area contributed by atoms with Gasteiger partial charge in [0.25, 0.3) is 0 Å². The van der Waals surface area contributed by atoms with E-state index in [0.29, 0.717) is 31.5 Å². The molecule has 21 heavy (non-hydrogen) atoms. The fraction of sp³-hybridized carbons (Fsp3) is 0.571. The lowest BCUT2D eigenvalue weighted by Gasteiger charge is -2.33. The van der Waals surface area contributed by atoms with Gasteiger partial charge in [0.2, 0.25) is 0 Å². The van der Waals surface area contributed by atoms with Gasteiger partial charge in [-0.05, 0) is 26.2 Å². The number of amides is 2. The number of aliphatic carboxylic acids is 1. The third-order valence-corrected chi connectivity index (χ3v) is 3.97. The van der Waals surface area contributed by atoms with Crippen molar-refractivity contribution in [2.45, 2.75) is 45.2 Å². The molecule has 1 saturated heterocycles. The maximum Gasteiger partial charge on any atom is 0.329 e. The van der Waals surface area contributed by atoms with Gasteiger partial charge >= 0.3 is 12.0 Å². The normalized spacial score (nSPS) is 21.3. The molecule has 0 bridgehead atoms. The van der Waals surface area contributed by atoms with Gasteiger partial charge in [-0.15, -0.1) is 0 Å². The van der Waals surface area contributed by atoms with Crippen molar-refractivity contribution in [1.29, 1.82) is 0 Å². The first-order chi connectivity index (χ1) is 9.99. The fourth-order valence-electron chi connectivity index (χ4n) is 2.69. The van der Waals surface area contributed by atoms with Gasteiger partial charge < -0.3 is 15.3 Å². The molecule has 2 rings (SSSR count). The molecule has 2 amide bonds. The summed E-state index contributed by atoms with van der Waals surface area (Å²) in [4.78, 5) is 33.5. The Hall–Kier alpha value is -2.18. The summed E-state index contributed by atoms with van der Waals surface area (Å²) in [5, 5.41) is 12.2. The summed E-state index contributed by atoms with van der Waals surface area (Å²) in [6.07, 6.45) is 4.84. The number of hydrogen-bond donors (Lipinski definition) is 2. The molecule has 2 heterocycles. The molecule has 7 nitrogen and oxygen atoms in total. The van der Waals surface area contributed by atoms with Gasteiger partial charge in [0.15, 0.2) is 0 Å². The van der Waals surface area contributed by atoms with Crippen molar-refractivity contribution in [2.24, 2.45) is 0 Å². The third-order valence-electron chi connectivity index (χ3n) is 3.97. The van der Waals surface area contributed by atoms with Crippen LogP contribution in [0.15, 0.2) is 12.4 Å². The van der Waals surface area contributed by atoms with Gasteiger partial charge in [-0.1, -0.05) is 6.92 Å². The number of likely N-dealkylation sites (tertiary alicyclic amines) is 1. The van der Waals surface area contributed by atoms with Crippen LogP contribution in [0.4, 0.5) is 4.79 Å². The first-order valence-corrected chi connectivity index (χ1v) is 7.06. The summed E-state index contributed by atoms with van der Waals surface area (Å²) in [7, 11) is 0. The van der Waals surface area contributed by atoms with Crippen LogP contribution >= 0.6 is 0 Å². The zero-order valence-corrected chi connectivity index (χ0v) is 12.3. The van der Waals surface area contributed by atoms with Gasteiger partial charge in [0.1, 0.15) is 5.54 Å². The third kappa shape index (κ3) is 2.96. The number of aryl methyl sites for hydroxylation is 1. The maximum absolute atomic E-state index is 12.3. The van der Waals surface area contributed by atoms with Crippen LogP contribution in [0.25, 0.3) is 0 Å². The van der Waals surface area contributed by atoms with Gasteiger partial charge in [-0.25, -0.2) is 9.59 Å². The number of carbonyl (C=O) groups excluding carboxylic acids is 1. The quantitative estimate of drug-likeness (QED) is 0.872. The molecule has 114 valence electrons. The summed E-state index contributed by atoms with van der Waals surface area (Å²) in [5.74, 6) is -0.937. The molecule has 1 fully saturated rings. The Morgan fingerprint density at radius 1 is 1.43 bits per heavy atom. The largest absolute Gasteiger partial charge is 0.479 e. The van der Waals surface area contributed by atoms with Crippen molar-refractivity contribution >= 4 is 12.0 Å². The molecule has 7 heteroatoms. The van der Waals surface area contributed by atoms with E-state index < -0.39 is 11.5 Å². The Kier molecular flexibility index (Phi) is 4.40. The number of rotatable bonds is 4. The number of nitrogens with one attached hydrogen (secondary N) is 1. The van der Waals surface area contributed by atoms with Crippen LogP contribution in [-0.4, -0.2) is 44.1 Å². The van der Waals surface area contributed by atoms with Crippen molar-refractivity contribution in [2.75, 3.05) is 6.54 Å². The lowest BCUT2D eigenvalue weighted by atomic mass is 9.93. The molecule has 0 aliphatic carbocycles. The van der Waals surface area contributed by atoms with Crippen LogP contribution in [0.1, 0.15) is 37.6 Å². The van der Waals surface area contributed by atoms with Crippen LogP contribution in [0, 0.1) is 6.92 Å². The van der Waals surface area contributed by atoms with E-state index in [1.165, 1.54) is 4.90 Å². The van der Waals surface area contributed by atoms with Crippen LogP contribution in [0.2, 0.25) is 0 Å². The van der Waals surface area contributed by atoms with E-state index in [-0.39, 0.29) is 12.6 Å². The van der Waals surface area contributed by atoms with Gasteiger partial charge in [-0.2, -0.15) is 0 Å². The molecule has 1 aliphatic rings. The first-order valence-electron chi connectivity index (χ1n) is 7.06. The van der Waals surface area contributed by atoms with E-state index in [1.54, 1.807) is 19.3 Å². The zero-order valence-electron chi connectivity index (χ0n) is 12.3. The first kappa shape index (κ1) is 15.2. The highest BCUT2D eigenvalue weighted by molar-refractivity contribution is 5.87. The number of aromatic nitrogens is 2. The molecule has 1 unspecified atom stereocenters. The highest BCUT2D eigenvalue weighted by Gasteiger charge is 2.48. The molecule has 1 aliphatic heterocycles. The average Bonchev–Trinajstić information content (AvgIpc) is 2.91. The van der Waals surface area contributed by atoms with Gasteiger partial charge in [0, 0.05) is 12.7 Å². The number of urea groups is 1. The van der Waals surface area contributed by atoms with Crippen LogP contribution < -0.4 is 5.32 Å². The van der Waals surface area contributed by atoms with Crippen molar-refractivity contribution < 1.29 is 14.7 Å². The second kappa shape index (κ2) is 6.07. The van der Waals surface area contributed by atoms with E-state index in [4.69, 9.17) is 0 Å². The van der Waals surface area contributed by atoms with Crippen LogP contribution in [-0.2, 0) is 11.3 Å². The minimum Gasteiger partial charge on any atom is -0.479 e. The second-order valence-electron chi connectivity index (χ2n) is 5.25. The van der Waals surface area contributed by atoms with E-state index in [0.717, 1.165) is 5.69 Å². The molecule has 2 N–H and O–H groups in total. The lowest BCUT2D eigenvalue weighted by Crippen LogP contribution is -2.55. The number of carboxylic acids is 1. The Labute approximate surface area is 123 Å². The molecule has 0 radical (unpaired) electrons. The number of carboxylic acid groups (broad SMARTS) is 1. The maximum atomic E-state index is 12.3. The smallest absolute Gasteiger partial charge is 0.329 e. The van der Waals surface area contributed by atoms with Crippen molar-refractivity contribution in [3.63, 3.8) is 0 Å². The molecule has 1 aromatic heterocycles. The molecular weight excluding hydrogens is 272 g/mol. The van der Waals surface area contributed by atoms with Gasteiger partial charge in [-0.3, -0.25) is 9.97 Å². The molecule has 0 spiro atoms. The Morgan fingerprint density at radius 2 is 2.19 bits per heavy atom. The van der Waals surface area contributed by atoms with E-state index in [1.807, 2.05) is 6.92 Å². The summed E-state index contributed by atoms with van der Waals surface area (Å²) in [5.41, 5.74) is 0.370. The number of carbonyl (C=O) groups is 2. The average molecular weight is 292 g/mol. The van der Waals surface area contributed by atoms with E-state index in [9.17, 15) is 14.7 Å². The van der Waals surface area contributed by atoms with Crippen molar-refractivity contribution in [1.82, 2.24) is 20.2 Å². The second-order valence-corrected chi connectivity index (χ2v) is 5.25. The summed E-state index contributed by atoms with van der Waals surface area (Å²) in [6.45, 7) is 4.33. The van der Waals surface area contributed by atoms with Gasteiger partial charge in [0.05, 0.1) is 24.1 Å². The van der Waals surface area contributed by atoms with Crippen molar-refractivity contribution in [3.05, 3.63) is 23.8 Å². The molecular formula is C14H20N4O3. The molecule has 1 aromatic rings. The van der Waals surface area contributed by atoms with E-state index >= 15 is 0 Å². The topological polar surface area (TPSA) is 95.4 Å². The minimum absolute atomic E-state index is 0.238. The zero-order chi connectivity index (χ0) is 15.5. The molecule has 1 atom stereocenters. The number of nitrogens with zero attached hydrogens (tertiary/aromatic N) is 3. The summed E-state index contributed by atoms with van der Waals surface area (Å²) >= 11 is 0. The number of hydrogen-bond acceptors (Lipinski definition) is 4. The molecule has 0 aromatic carbocycles. The van der Waals surface area contributed by atoms with Crippen LogP contribution in [0.3, 0.4) is 0 Å². The van der Waals surface area contributed by atoms with Crippen molar-refractivity contribution in [3.8, 4) is 0 Å². The SMILES string of the molecule is CCC1(C(=O)O)CCCN1C(=O)NCc1cnc(C)cn1. The summed E-state index contributed by atoms with van der Waals surface area (Å²) < 4.78 is 0. The Bertz CT molecular complexity index is 532. The standard InChI is InChI=1S/C14H20N4O3/c1-3-14(12(19)20)5-4-6-18(14)13(21)17-9-11-8-15-10(2)7-16-11/h7-8H,3-6,9H2,1-2H3,(H,17,21)(H,19,20). The highest BCUT2D eigenvalue weighted by Crippen LogP contribution is 2.32.